The molecule has 3 heterocycles. The number of aromatic nitrogens is 4. The second-order valence-electron chi connectivity index (χ2n) is 10.9. The molecule has 13 heteroatoms. The van der Waals surface area contributed by atoms with Gasteiger partial charge in [-0.3, -0.25) is 4.79 Å². The summed E-state index contributed by atoms with van der Waals surface area (Å²) in [7, 11) is 3.32. The summed E-state index contributed by atoms with van der Waals surface area (Å²) in [4.78, 5) is 32.8. The van der Waals surface area contributed by atoms with E-state index in [0.29, 0.717) is 58.6 Å². The topological polar surface area (TPSA) is 163 Å². The molecule has 1 aliphatic heterocycles. The van der Waals surface area contributed by atoms with Gasteiger partial charge >= 0.3 is 0 Å². The number of aryl methyl sites for hydroxylation is 1. The van der Waals surface area contributed by atoms with Crippen LogP contribution in [-0.2, 0) is 9.53 Å². The Hall–Kier alpha value is -5.17. The van der Waals surface area contributed by atoms with Crippen molar-refractivity contribution in [2.75, 3.05) is 49.4 Å². The van der Waals surface area contributed by atoms with Crippen molar-refractivity contribution >= 4 is 45.8 Å². The van der Waals surface area contributed by atoms with Gasteiger partial charge in [0.15, 0.2) is 5.82 Å². The van der Waals surface area contributed by atoms with E-state index >= 15 is 0 Å². The van der Waals surface area contributed by atoms with E-state index in [0.717, 1.165) is 29.8 Å². The van der Waals surface area contributed by atoms with Crippen molar-refractivity contribution < 1.29 is 14.3 Å². The summed E-state index contributed by atoms with van der Waals surface area (Å²) >= 11 is 0. The zero-order chi connectivity index (χ0) is 31.3. The number of benzene rings is 2. The highest BCUT2D eigenvalue weighted by atomic mass is 16.5. The molecule has 2 aromatic heterocycles. The maximum absolute atomic E-state index is 12.5. The lowest BCUT2D eigenvalue weighted by Gasteiger charge is -2.40. The number of ether oxygens (including phenoxy) is 2. The van der Waals surface area contributed by atoms with Crippen molar-refractivity contribution in [3.8, 4) is 11.5 Å². The van der Waals surface area contributed by atoms with Gasteiger partial charge in [-0.15, -0.1) is 0 Å². The summed E-state index contributed by atoms with van der Waals surface area (Å²) in [6, 6.07) is 11.1. The summed E-state index contributed by atoms with van der Waals surface area (Å²) in [5.74, 6) is 2.21. The van der Waals surface area contributed by atoms with Crippen molar-refractivity contribution in [1.29, 1.82) is 5.53 Å². The Labute approximate surface area is 255 Å². The molecule has 13 nitrogen and oxygen atoms in total. The van der Waals surface area contributed by atoms with Crippen molar-refractivity contribution in [2.24, 2.45) is 5.11 Å². The predicted octanol–water partition coefficient (Wildman–Crippen LogP) is 5.65. The largest absolute Gasteiger partial charge is 0.457 e. The van der Waals surface area contributed by atoms with Crippen LogP contribution in [-0.4, -0.2) is 65.2 Å². The van der Waals surface area contributed by atoms with Crippen LogP contribution in [0.5, 0.6) is 11.5 Å². The van der Waals surface area contributed by atoms with Gasteiger partial charge in [0.05, 0.1) is 18.5 Å². The van der Waals surface area contributed by atoms with Crippen LogP contribution in [0.3, 0.4) is 0 Å². The standard InChI is InChI=1S/C31H36N10O3/c1-19-14-21(6-9-26(19)44-22-7-8-23(33-4)24(15-22)40-32)37-28-27-25(35-18-36-28)16-34-30(38-27)41-12-10-31(3,11-13-41)39-29(42)20(2)17-43-5/h6-9,14-16,18,32-33H,2,10-13,17H2,1,3-5H3,(H,39,42)(H,35,36,37). The lowest BCUT2D eigenvalue weighted by molar-refractivity contribution is -0.119. The molecule has 4 N–H and O–H groups in total. The first-order chi connectivity index (χ1) is 21.2. The number of carbonyl (C=O) groups is 1. The van der Waals surface area contributed by atoms with Crippen LogP contribution < -0.4 is 25.6 Å². The highest BCUT2D eigenvalue weighted by molar-refractivity contribution is 5.93. The zero-order valence-electron chi connectivity index (χ0n) is 25.3. The highest BCUT2D eigenvalue weighted by Crippen LogP contribution is 2.34. The molecule has 0 unspecified atom stereocenters. The Morgan fingerprint density at radius 3 is 2.66 bits per heavy atom. The number of hydrogen-bond donors (Lipinski definition) is 4. The first kappa shape index (κ1) is 30.3. The van der Waals surface area contributed by atoms with Crippen molar-refractivity contribution in [3.63, 3.8) is 0 Å². The fraction of sp³-hybridized carbons (Fsp3) is 0.323. The van der Waals surface area contributed by atoms with Crippen molar-refractivity contribution in [1.82, 2.24) is 25.3 Å². The number of carbonyl (C=O) groups excluding carboxylic acids is 1. The molecule has 0 atom stereocenters. The Kier molecular flexibility index (Phi) is 8.95. The Bertz CT molecular complexity index is 1700. The first-order valence-corrected chi connectivity index (χ1v) is 14.2. The fourth-order valence-electron chi connectivity index (χ4n) is 5.00. The second kappa shape index (κ2) is 13.0. The predicted molar refractivity (Wildman–Crippen MR) is 169 cm³/mol. The van der Waals surface area contributed by atoms with Crippen LogP contribution >= 0.6 is 0 Å². The molecule has 0 aliphatic carbocycles. The van der Waals surface area contributed by atoms with Crippen LogP contribution in [0.2, 0.25) is 0 Å². The maximum atomic E-state index is 12.5. The number of amides is 1. The van der Waals surface area contributed by atoms with E-state index in [-0.39, 0.29) is 18.1 Å². The van der Waals surface area contributed by atoms with E-state index in [9.17, 15) is 4.79 Å². The molecule has 4 aromatic rings. The first-order valence-electron chi connectivity index (χ1n) is 14.2. The molecule has 1 aliphatic rings. The summed E-state index contributed by atoms with van der Waals surface area (Å²) in [6.45, 7) is 9.35. The number of nitrogens with one attached hydrogen (secondary N) is 4. The van der Waals surface area contributed by atoms with Gasteiger partial charge in [0.25, 0.3) is 0 Å². The Morgan fingerprint density at radius 2 is 1.95 bits per heavy atom. The minimum atomic E-state index is -0.361. The third-order valence-electron chi connectivity index (χ3n) is 7.59. The van der Waals surface area contributed by atoms with E-state index < -0.39 is 0 Å². The van der Waals surface area contributed by atoms with Crippen molar-refractivity contribution in [3.05, 3.63) is 66.6 Å². The third-order valence-corrected chi connectivity index (χ3v) is 7.59. The molecular weight excluding hydrogens is 560 g/mol. The smallest absolute Gasteiger partial charge is 0.249 e. The van der Waals surface area contributed by atoms with Crippen LogP contribution in [0, 0.1) is 12.5 Å². The van der Waals surface area contributed by atoms with E-state index in [1.54, 1.807) is 26.4 Å². The van der Waals surface area contributed by atoms with Gasteiger partial charge in [-0.25, -0.2) is 25.5 Å². The van der Waals surface area contributed by atoms with Crippen LogP contribution in [0.4, 0.5) is 28.8 Å². The maximum Gasteiger partial charge on any atom is 0.249 e. The average Bonchev–Trinajstić information content (AvgIpc) is 3.02. The summed E-state index contributed by atoms with van der Waals surface area (Å²) in [5, 5.41) is 13.1. The van der Waals surface area contributed by atoms with E-state index in [4.69, 9.17) is 20.0 Å². The molecule has 44 heavy (non-hydrogen) atoms. The molecular formula is C31H36N10O3. The highest BCUT2D eigenvalue weighted by Gasteiger charge is 2.33. The van der Waals surface area contributed by atoms with Gasteiger partial charge in [0.2, 0.25) is 11.9 Å². The lowest BCUT2D eigenvalue weighted by atomic mass is 9.89. The normalized spacial score (nSPS) is 14.1. The minimum absolute atomic E-state index is 0.190. The lowest BCUT2D eigenvalue weighted by Crippen LogP contribution is -2.54. The SMILES string of the molecule is C=C(COC)C(=O)NC1(C)CCN(c2ncc3ncnc(Nc4ccc(Oc5ccc(NC)c(N=N)c5)c(C)c4)c3n2)CC1. The number of piperidine rings is 1. The van der Waals surface area contributed by atoms with Gasteiger partial charge < -0.3 is 30.3 Å². The number of rotatable bonds is 11. The molecule has 0 bridgehead atoms. The molecule has 228 valence electrons. The van der Waals surface area contributed by atoms with Gasteiger partial charge in [-0.05, 0) is 62.6 Å². The van der Waals surface area contributed by atoms with Gasteiger partial charge in [0.1, 0.15) is 34.5 Å². The second-order valence-corrected chi connectivity index (χ2v) is 10.9. The molecule has 0 saturated carbocycles. The number of hydrogen-bond acceptors (Lipinski definition) is 12. The Balaban J connectivity index is 1.29. The fourth-order valence-corrected chi connectivity index (χ4v) is 5.00. The minimum Gasteiger partial charge on any atom is -0.457 e. The zero-order valence-corrected chi connectivity index (χ0v) is 25.3. The summed E-state index contributed by atoms with van der Waals surface area (Å²) in [5.41, 5.74) is 11.6. The summed E-state index contributed by atoms with van der Waals surface area (Å²) < 4.78 is 11.1. The molecule has 1 saturated heterocycles. The van der Waals surface area contributed by atoms with Gasteiger partial charge in [-0.2, -0.15) is 5.11 Å². The third kappa shape index (κ3) is 6.73. The average molecular weight is 597 g/mol. The van der Waals surface area contributed by atoms with E-state index in [1.165, 1.54) is 6.33 Å². The van der Waals surface area contributed by atoms with Crippen LogP contribution in [0.1, 0.15) is 25.3 Å². The number of anilines is 4. The molecule has 1 fully saturated rings. The molecule has 0 radical (unpaired) electrons. The van der Waals surface area contributed by atoms with Gasteiger partial charge in [0, 0.05) is 50.1 Å². The monoisotopic (exact) mass is 596 g/mol. The number of fused-ring (bicyclic) bond motifs is 1. The summed E-state index contributed by atoms with van der Waals surface area (Å²) in [6.07, 6.45) is 4.63. The van der Waals surface area contributed by atoms with E-state index in [2.05, 4.69) is 47.5 Å². The molecule has 5 rings (SSSR count). The molecule has 1 amide bonds. The Morgan fingerprint density at radius 1 is 1.16 bits per heavy atom. The van der Waals surface area contributed by atoms with Crippen LogP contribution in [0.25, 0.3) is 11.0 Å². The molecule has 0 spiro atoms. The quantitative estimate of drug-likeness (QED) is 0.126. The number of methoxy groups -OCH3 is 1. The molecule has 2 aromatic carbocycles. The van der Waals surface area contributed by atoms with Crippen LogP contribution in [0.15, 0.2) is 66.2 Å². The van der Waals surface area contributed by atoms with Gasteiger partial charge in [-0.1, -0.05) is 6.58 Å². The number of nitrogens with zero attached hydrogens (tertiary/aromatic N) is 6. The van der Waals surface area contributed by atoms with Crippen molar-refractivity contribution in [2.45, 2.75) is 32.2 Å². The van der Waals surface area contributed by atoms with E-state index in [1.807, 2.05) is 44.2 Å².